The highest BCUT2D eigenvalue weighted by Crippen LogP contribution is 2.28. The van der Waals surface area contributed by atoms with E-state index in [0.29, 0.717) is 10.1 Å². The number of aromatic nitrogens is 2. The van der Waals surface area contributed by atoms with Gasteiger partial charge in [-0.05, 0) is 42.5 Å². The van der Waals surface area contributed by atoms with Crippen molar-refractivity contribution in [1.29, 1.82) is 0 Å². The number of hydrogen-bond donors (Lipinski definition) is 1. The van der Waals surface area contributed by atoms with E-state index in [1.54, 1.807) is 10.9 Å². The second kappa shape index (κ2) is 5.57. The highest BCUT2D eigenvalue weighted by atomic mass is 32.2. The average Bonchev–Trinajstić information content (AvgIpc) is 2.97. The number of amidine groups is 1. The molecule has 1 aromatic heterocycles. The first-order chi connectivity index (χ1) is 10.1. The van der Waals surface area contributed by atoms with Crippen molar-refractivity contribution in [2.45, 2.75) is 6.92 Å². The molecule has 0 atom stereocenters. The van der Waals surface area contributed by atoms with E-state index >= 15 is 0 Å². The molecule has 3 rings (SSSR count). The van der Waals surface area contributed by atoms with Crippen LogP contribution < -0.4 is 5.32 Å². The van der Waals surface area contributed by atoms with Gasteiger partial charge in [-0.1, -0.05) is 12.1 Å². The summed E-state index contributed by atoms with van der Waals surface area (Å²) in [5, 5.41) is 7.46. The summed E-state index contributed by atoms with van der Waals surface area (Å²) in [4.78, 5) is 17.0. The Bertz CT molecular complexity index is 761. The molecule has 1 N–H and O–H groups in total. The Labute approximate surface area is 126 Å². The molecule has 1 aromatic carbocycles. The number of aliphatic imine (C=N–C) groups is 1. The third kappa shape index (κ3) is 3.22. The van der Waals surface area contributed by atoms with Crippen LogP contribution in [0.2, 0.25) is 0 Å². The zero-order chi connectivity index (χ0) is 14.8. The molecular weight excluding hydrogens is 284 g/mol. The van der Waals surface area contributed by atoms with Crippen molar-refractivity contribution >= 4 is 34.6 Å². The molecular formula is C15H14N4OS. The zero-order valence-electron chi connectivity index (χ0n) is 11.7. The number of aryl methyl sites for hydroxylation is 2. The van der Waals surface area contributed by atoms with E-state index in [-0.39, 0.29) is 5.91 Å². The summed E-state index contributed by atoms with van der Waals surface area (Å²) in [5.74, 6) is -0.129. The van der Waals surface area contributed by atoms with Gasteiger partial charge >= 0.3 is 0 Å². The van der Waals surface area contributed by atoms with E-state index in [4.69, 9.17) is 0 Å². The van der Waals surface area contributed by atoms with Crippen molar-refractivity contribution in [3.63, 3.8) is 0 Å². The largest absolute Gasteiger partial charge is 0.300 e. The Kier molecular flexibility index (Phi) is 3.62. The van der Waals surface area contributed by atoms with Crippen molar-refractivity contribution in [1.82, 2.24) is 15.1 Å². The Hall–Kier alpha value is -2.34. The fraction of sp³-hybridized carbons (Fsp3) is 0.133. The van der Waals surface area contributed by atoms with Gasteiger partial charge in [0.15, 0.2) is 5.17 Å². The van der Waals surface area contributed by atoms with Gasteiger partial charge in [0, 0.05) is 18.8 Å². The first-order valence-corrected chi connectivity index (χ1v) is 7.27. The molecule has 106 valence electrons. The molecule has 0 spiro atoms. The minimum atomic E-state index is -0.129. The van der Waals surface area contributed by atoms with Gasteiger partial charge in [0.05, 0.1) is 16.8 Å². The van der Waals surface area contributed by atoms with E-state index < -0.39 is 0 Å². The highest BCUT2D eigenvalue weighted by molar-refractivity contribution is 8.18. The van der Waals surface area contributed by atoms with Gasteiger partial charge in [0.1, 0.15) is 0 Å². The minimum Gasteiger partial charge on any atom is -0.300 e. The predicted molar refractivity (Wildman–Crippen MR) is 85.2 cm³/mol. The van der Waals surface area contributed by atoms with Gasteiger partial charge in [0.2, 0.25) is 0 Å². The number of amides is 1. The van der Waals surface area contributed by atoms with E-state index in [2.05, 4.69) is 15.4 Å². The van der Waals surface area contributed by atoms with Gasteiger partial charge in [-0.25, -0.2) is 4.99 Å². The molecule has 6 heteroatoms. The number of carbonyl (C=O) groups is 1. The van der Waals surface area contributed by atoms with Gasteiger partial charge in [-0.2, -0.15) is 5.10 Å². The quantitative estimate of drug-likeness (QED) is 0.867. The Morgan fingerprint density at radius 3 is 3.00 bits per heavy atom. The summed E-state index contributed by atoms with van der Waals surface area (Å²) in [5.41, 5.74) is 2.87. The second-order valence-electron chi connectivity index (χ2n) is 4.77. The molecule has 2 aromatic rings. The molecule has 0 bridgehead atoms. The van der Waals surface area contributed by atoms with Crippen LogP contribution in [0.4, 0.5) is 5.69 Å². The van der Waals surface area contributed by atoms with E-state index in [9.17, 15) is 4.79 Å². The van der Waals surface area contributed by atoms with Gasteiger partial charge in [-0.3, -0.25) is 9.48 Å². The summed E-state index contributed by atoms with van der Waals surface area (Å²) in [6.07, 6.45) is 5.39. The van der Waals surface area contributed by atoms with Crippen LogP contribution >= 0.6 is 11.8 Å². The zero-order valence-corrected chi connectivity index (χ0v) is 12.5. The van der Waals surface area contributed by atoms with Crippen LogP contribution in [-0.4, -0.2) is 20.9 Å². The van der Waals surface area contributed by atoms with Crippen LogP contribution in [0.1, 0.15) is 11.1 Å². The van der Waals surface area contributed by atoms with Crippen molar-refractivity contribution in [2.75, 3.05) is 0 Å². The lowest BCUT2D eigenvalue weighted by atomic mass is 10.2. The van der Waals surface area contributed by atoms with Crippen LogP contribution in [0, 0.1) is 6.92 Å². The lowest BCUT2D eigenvalue weighted by Gasteiger charge is -1.97. The molecule has 1 aliphatic heterocycles. The maximum absolute atomic E-state index is 11.9. The van der Waals surface area contributed by atoms with Crippen molar-refractivity contribution in [2.24, 2.45) is 12.0 Å². The fourth-order valence-electron chi connectivity index (χ4n) is 1.96. The van der Waals surface area contributed by atoms with Crippen LogP contribution in [0.15, 0.2) is 46.6 Å². The summed E-state index contributed by atoms with van der Waals surface area (Å²) >= 11 is 1.34. The molecule has 1 amide bonds. The predicted octanol–water partition coefficient (Wildman–Crippen LogP) is 2.62. The maximum Gasteiger partial charge on any atom is 0.264 e. The van der Waals surface area contributed by atoms with Gasteiger partial charge in [-0.15, -0.1) is 0 Å². The summed E-state index contributed by atoms with van der Waals surface area (Å²) in [6, 6.07) is 7.85. The standard InChI is InChI=1S/C15H14N4OS/c1-10-4-3-5-12(6-10)17-15-18-14(20)13(21-15)7-11-8-16-19(2)9-11/h3-9H,1-2H3,(H,17,18,20). The molecule has 1 aliphatic rings. The fourth-order valence-corrected chi connectivity index (χ4v) is 2.80. The lowest BCUT2D eigenvalue weighted by molar-refractivity contribution is -0.115. The molecule has 2 heterocycles. The Morgan fingerprint density at radius 2 is 2.29 bits per heavy atom. The third-order valence-electron chi connectivity index (χ3n) is 2.91. The molecule has 0 aliphatic carbocycles. The third-order valence-corrected chi connectivity index (χ3v) is 3.82. The second-order valence-corrected chi connectivity index (χ2v) is 5.80. The topological polar surface area (TPSA) is 59.3 Å². The van der Waals surface area contributed by atoms with Crippen LogP contribution in [-0.2, 0) is 11.8 Å². The first kappa shape index (κ1) is 13.6. The molecule has 0 saturated carbocycles. The van der Waals surface area contributed by atoms with Gasteiger partial charge < -0.3 is 5.32 Å². The normalized spacial score (nSPS) is 18.5. The number of benzene rings is 1. The minimum absolute atomic E-state index is 0.129. The average molecular weight is 298 g/mol. The van der Waals surface area contributed by atoms with Crippen LogP contribution in [0.3, 0.4) is 0 Å². The van der Waals surface area contributed by atoms with Crippen molar-refractivity contribution in [3.8, 4) is 0 Å². The van der Waals surface area contributed by atoms with Crippen molar-refractivity contribution < 1.29 is 4.79 Å². The van der Waals surface area contributed by atoms with Crippen LogP contribution in [0.25, 0.3) is 6.08 Å². The monoisotopic (exact) mass is 298 g/mol. The van der Waals surface area contributed by atoms with E-state index in [1.807, 2.05) is 50.5 Å². The van der Waals surface area contributed by atoms with E-state index in [1.165, 1.54) is 11.8 Å². The Balaban J connectivity index is 1.83. The smallest absolute Gasteiger partial charge is 0.264 e. The Morgan fingerprint density at radius 1 is 1.43 bits per heavy atom. The number of hydrogen-bond acceptors (Lipinski definition) is 4. The summed E-state index contributed by atoms with van der Waals surface area (Å²) in [6.45, 7) is 2.01. The molecule has 21 heavy (non-hydrogen) atoms. The molecule has 0 radical (unpaired) electrons. The van der Waals surface area contributed by atoms with Gasteiger partial charge in [0.25, 0.3) is 5.91 Å². The number of nitrogens with zero attached hydrogens (tertiary/aromatic N) is 3. The number of nitrogens with one attached hydrogen (secondary N) is 1. The molecule has 0 unspecified atom stereocenters. The number of rotatable bonds is 2. The summed E-state index contributed by atoms with van der Waals surface area (Å²) in [7, 11) is 1.84. The molecule has 1 fully saturated rings. The first-order valence-electron chi connectivity index (χ1n) is 6.45. The maximum atomic E-state index is 11.9. The molecule has 5 nitrogen and oxygen atoms in total. The highest BCUT2D eigenvalue weighted by Gasteiger charge is 2.23. The SMILES string of the molecule is Cc1cccc(N=C2NC(=O)C(=Cc3cnn(C)c3)S2)c1. The van der Waals surface area contributed by atoms with E-state index in [0.717, 1.165) is 16.8 Å². The molecule has 1 saturated heterocycles. The van der Waals surface area contributed by atoms with Crippen molar-refractivity contribution in [3.05, 3.63) is 52.7 Å². The van der Waals surface area contributed by atoms with Crippen LogP contribution in [0.5, 0.6) is 0 Å². The summed E-state index contributed by atoms with van der Waals surface area (Å²) < 4.78 is 1.70. The number of carbonyl (C=O) groups excluding carboxylic acids is 1. The number of thioether (sulfide) groups is 1. The lowest BCUT2D eigenvalue weighted by Crippen LogP contribution is -2.19.